The van der Waals surface area contributed by atoms with Crippen molar-refractivity contribution in [3.63, 3.8) is 0 Å². The number of benzene rings is 6. The van der Waals surface area contributed by atoms with E-state index in [9.17, 15) is 14.4 Å². The molecule has 1 aliphatic heterocycles. The van der Waals surface area contributed by atoms with Crippen molar-refractivity contribution < 1.29 is 14.4 Å². The minimum absolute atomic E-state index is 0.0565. The molecule has 60 heavy (non-hydrogen) atoms. The summed E-state index contributed by atoms with van der Waals surface area (Å²) in [5.74, 6) is -1.09. The van der Waals surface area contributed by atoms with Crippen LogP contribution in [0.5, 0.6) is 0 Å². The third kappa shape index (κ3) is 6.08. The van der Waals surface area contributed by atoms with Crippen molar-refractivity contribution in [2.45, 2.75) is 39.8 Å². The molecular formula is C53H44N4O3. The lowest BCUT2D eigenvalue weighted by Gasteiger charge is -2.33. The average molecular weight is 785 g/mol. The minimum Gasteiger partial charge on any atom is -0.336 e. The molecule has 1 aliphatic carbocycles. The number of allylic oxidation sites excluding steroid dienone is 5. The van der Waals surface area contributed by atoms with Crippen LogP contribution in [-0.2, 0) is 22.7 Å². The number of hydrogen-bond donors (Lipinski definition) is 0. The normalized spacial score (nSPS) is 17.2. The molecular weight excluding hydrogens is 741 g/mol. The van der Waals surface area contributed by atoms with Gasteiger partial charge in [-0.3, -0.25) is 19.4 Å². The standard InChI is InChI=1S/C53H44N4O3/c1-3-54-51(58)50(52(59)55(4-2)53(54)60)47-39(29-31-43-41-23-11-19-37-21-13-25-45(48(37)41)56(43)33-35-15-7-5-8-16-35)27-28-40(47)30-32-44-42-24-12-20-38-22-14-26-46(49(38)42)57(44)34-36-17-9-6-10-18-36/h5-26,29-32H,3-4,27-28,33-34H2,1-2H3/b39-29-,40-30+,43-31-,44-32?. The Kier molecular flexibility index (Phi) is 9.36. The number of urea groups is 1. The van der Waals surface area contributed by atoms with Gasteiger partial charge in [-0.25, -0.2) is 4.79 Å². The first-order chi connectivity index (χ1) is 29.4. The molecule has 10 rings (SSSR count). The summed E-state index contributed by atoms with van der Waals surface area (Å²) in [6, 6.07) is 46.1. The van der Waals surface area contributed by atoms with Gasteiger partial charge in [-0.2, -0.15) is 0 Å². The Labute approximate surface area is 348 Å². The fourth-order valence-electron chi connectivity index (χ4n) is 9.49. The van der Waals surface area contributed by atoms with Crippen molar-refractivity contribution in [2.75, 3.05) is 13.1 Å². The third-order valence-electron chi connectivity index (χ3n) is 12.3. The van der Waals surface area contributed by atoms with Crippen molar-refractivity contribution >= 4 is 73.3 Å². The van der Waals surface area contributed by atoms with Gasteiger partial charge in [0.05, 0.1) is 11.0 Å². The van der Waals surface area contributed by atoms with Crippen LogP contribution in [0.25, 0.3) is 55.5 Å². The molecule has 0 radical (unpaired) electrons. The Hall–Kier alpha value is -7.25. The van der Waals surface area contributed by atoms with Crippen molar-refractivity contribution in [3.05, 3.63) is 190 Å². The monoisotopic (exact) mass is 784 g/mol. The Morgan fingerprint density at radius 3 is 1.30 bits per heavy atom. The summed E-state index contributed by atoms with van der Waals surface area (Å²) in [6.07, 6.45) is 9.77. The smallest absolute Gasteiger partial charge is 0.333 e. The highest BCUT2D eigenvalue weighted by Gasteiger charge is 2.43. The maximum absolute atomic E-state index is 14.4. The van der Waals surface area contributed by atoms with Crippen LogP contribution in [0, 0.1) is 0 Å². The van der Waals surface area contributed by atoms with E-state index in [4.69, 9.17) is 0 Å². The summed E-state index contributed by atoms with van der Waals surface area (Å²) in [6.45, 7) is 5.24. The zero-order valence-electron chi connectivity index (χ0n) is 33.8. The Morgan fingerprint density at radius 2 is 0.883 bits per heavy atom. The molecule has 2 aliphatic rings. The zero-order chi connectivity index (χ0) is 40.9. The first-order valence-corrected chi connectivity index (χ1v) is 20.9. The molecule has 8 aromatic rings. The first kappa shape index (κ1) is 37.0. The summed E-state index contributed by atoms with van der Waals surface area (Å²) in [7, 11) is 0. The van der Waals surface area contributed by atoms with E-state index in [1.807, 2.05) is 12.1 Å². The van der Waals surface area contributed by atoms with Gasteiger partial charge < -0.3 is 9.13 Å². The molecule has 1 saturated carbocycles. The molecule has 2 fully saturated rings. The van der Waals surface area contributed by atoms with E-state index >= 15 is 0 Å². The summed E-state index contributed by atoms with van der Waals surface area (Å²) < 4.78 is 4.72. The highest BCUT2D eigenvalue weighted by molar-refractivity contribution is 6.30. The van der Waals surface area contributed by atoms with Gasteiger partial charge in [0.25, 0.3) is 11.8 Å². The lowest BCUT2D eigenvalue weighted by molar-refractivity contribution is -0.135. The Bertz CT molecular complexity index is 3010. The molecule has 294 valence electrons. The number of barbiturate groups is 1. The number of hydrogen-bond acceptors (Lipinski definition) is 3. The van der Waals surface area contributed by atoms with E-state index in [0.717, 1.165) is 43.7 Å². The second kappa shape index (κ2) is 15.2. The SMILES string of the molecule is CCN1C(=O)C(=C2/C(=C\C=c3\c4cccc5cccc(c54)n3Cc3ccccc3)CC/C2=C\C=c2c3cccc4cccc(c43)n2Cc2ccccc2)C(=O)N(CC)C1=O. The molecule has 0 N–H and O–H groups in total. The van der Waals surface area contributed by atoms with Crippen LogP contribution >= 0.6 is 0 Å². The fourth-order valence-corrected chi connectivity index (χ4v) is 9.49. The predicted molar refractivity (Wildman–Crippen MR) is 242 cm³/mol. The van der Waals surface area contributed by atoms with Crippen LogP contribution in [-0.4, -0.2) is 49.9 Å². The molecule has 0 spiro atoms. The highest BCUT2D eigenvalue weighted by Crippen LogP contribution is 2.40. The second-order valence-corrected chi connectivity index (χ2v) is 15.6. The number of imide groups is 2. The molecule has 0 bridgehead atoms. The van der Waals surface area contributed by atoms with E-state index in [2.05, 4.69) is 155 Å². The summed E-state index contributed by atoms with van der Waals surface area (Å²) >= 11 is 0. The van der Waals surface area contributed by atoms with Gasteiger partial charge in [-0.05, 0) is 89.6 Å². The van der Waals surface area contributed by atoms with Crippen LogP contribution in [0.1, 0.15) is 37.8 Å². The van der Waals surface area contributed by atoms with Crippen LogP contribution in [0.2, 0.25) is 0 Å². The number of likely N-dealkylation sites (N-methyl/N-ethyl adjacent to an activating group) is 2. The van der Waals surface area contributed by atoms with Gasteiger partial charge >= 0.3 is 6.03 Å². The van der Waals surface area contributed by atoms with E-state index in [1.54, 1.807) is 13.8 Å². The van der Waals surface area contributed by atoms with Crippen LogP contribution in [0.15, 0.2) is 168 Å². The summed E-state index contributed by atoms with van der Waals surface area (Å²) in [5.41, 5.74) is 7.14. The number of rotatable bonds is 8. The molecule has 7 nitrogen and oxygen atoms in total. The van der Waals surface area contributed by atoms with Gasteiger partial charge in [-0.1, -0.05) is 133 Å². The van der Waals surface area contributed by atoms with E-state index in [-0.39, 0.29) is 18.7 Å². The highest BCUT2D eigenvalue weighted by atomic mass is 16.2. The second-order valence-electron chi connectivity index (χ2n) is 15.6. The minimum atomic E-state index is -0.570. The number of carbonyl (C=O) groups is 3. The van der Waals surface area contributed by atoms with Crippen LogP contribution in [0.3, 0.4) is 0 Å². The molecule has 1 saturated heterocycles. The number of amides is 4. The van der Waals surface area contributed by atoms with Gasteiger partial charge in [0, 0.05) is 58.4 Å². The fraction of sp³-hybridized carbons (Fsp3) is 0.151. The van der Waals surface area contributed by atoms with Gasteiger partial charge in [-0.15, -0.1) is 0 Å². The molecule has 2 aromatic heterocycles. The number of aromatic nitrogens is 2. The van der Waals surface area contributed by atoms with Crippen molar-refractivity contribution in [3.8, 4) is 0 Å². The Morgan fingerprint density at radius 1 is 0.467 bits per heavy atom. The van der Waals surface area contributed by atoms with Crippen molar-refractivity contribution in [1.29, 1.82) is 0 Å². The molecule has 0 atom stereocenters. The third-order valence-corrected chi connectivity index (χ3v) is 12.3. The molecule has 3 heterocycles. The number of carbonyl (C=O) groups excluding carboxylic acids is 3. The maximum Gasteiger partial charge on any atom is 0.333 e. The largest absolute Gasteiger partial charge is 0.336 e. The molecule has 4 amide bonds. The van der Waals surface area contributed by atoms with Crippen LogP contribution < -0.4 is 10.7 Å². The van der Waals surface area contributed by atoms with Crippen molar-refractivity contribution in [2.24, 2.45) is 0 Å². The zero-order valence-corrected chi connectivity index (χ0v) is 33.8. The lowest BCUT2D eigenvalue weighted by atomic mass is 9.95. The number of nitrogens with zero attached hydrogens (tertiary/aromatic N) is 4. The van der Waals surface area contributed by atoms with E-state index in [1.165, 1.54) is 42.5 Å². The molecule has 7 heteroatoms. The average Bonchev–Trinajstić information content (AvgIpc) is 3.91. The van der Waals surface area contributed by atoms with Gasteiger partial charge in [0.2, 0.25) is 0 Å². The first-order valence-electron chi connectivity index (χ1n) is 20.9. The predicted octanol–water partition coefficient (Wildman–Crippen LogP) is 9.47. The summed E-state index contributed by atoms with van der Waals surface area (Å²) in [4.78, 5) is 44.6. The quantitative estimate of drug-likeness (QED) is 0.114. The Balaban J connectivity index is 1.21. The van der Waals surface area contributed by atoms with E-state index in [0.29, 0.717) is 31.5 Å². The molecule has 6 aromatic carbocycles. The van der Waals surface area contributed by atoms with E-state index < -0.39 is 17.8 Å². The van der Waals surface area contributed by atoms with Gasteiger partial charge in [0.15, 0.2) is 0 Å². The topological polar surface area (TPSA) is 67.6 Å². The van der Waals surface area contributed by atoms with Crippen molar-refractivity contribution in [1.82, 2.24) is 18.9 Å². The van der Waals surface area contributed by atoms with Gasteiger partial charge in [0.1, 0.15) is 5.57 Å². The molecule has 0 unspecified atom stereocenters. The lowest BCUT2D eigenvalue weighted by Crippen LogP contribution is -2.56. The maximum atomic E-state index is 14.4. The summed E-state index contributed by atoms with van der Waals surface area (Å²) in [5, 5.41) is 9.15. The van der Waals surface area contributed by atoms with Crippen LogP contribution in [0.4, 0.5) is 4.79 Å².